The van der Waals surface area contributed by atoms with E-state index in [4.69, 9.17) is 4.74 Å². The topological polar surface area (TPSA) is 73.2 Å². The summed E-state index contributed by atoms with van der Waals surface area (Å²) in [6.45, 7) is 7.90. The number of methoxy groups -OCH3 is 1. The fourth-order valence-corrected chi connectivity index (χ4v) is 2.71. The van der Waals surface area contributed by atoms with Gasteiger partial charge in [0, 0.05) is 11.3 Å². The maximum Gasteiger partial charge on any atom is 0.328 e. The predicted octanol–water partition coefficient (Wildman–Crippen LogP) is 2.81. The highest BCUT2D eigenvalue weighted by atomic mass is 16.5. The number of carbonyl (C=O) groups excluding carboxylic acids is 2. The summed E-state index contributed by atoms with van der Waals surface area (Å²) in [6.07, 6.45) is 0.530. The van der Waals surface area contributed by atoms with Crippen LogP contribution in [0.3, 0.4) is 0 Å². The number of hydrogen-bond donors (Lipinski definition) is 1. The van der Waals surface area contributed by atoms with Crippen LogP contribution in [0.25, 0.3) is 5.69 Å². The zero-order chi connectivity index (χ0) is 18.6. The smallest absolute Gasteiger partial charge is 0.328 e. The summed E-state index contributed by atoms with van der Waals surface area (Å²) < 4.78 is 6.60. The third-order valence-corrected chi connectivity index (χ3v) is 3.88. The number of aromatic nitrogens is 2. The molecule has 25 heavy (non-hydrogen) atoms. The molecular formula is C19H25N3O3. The molecular weight excluding hydrogens is 318 g/mol. The highest BCUT2D eigenvalue weighted by Crippen LogP contribution is 2.14. The minimum Gasteiger partial charge on any atom is -0.467 e. The maximum absolute atomic E-state index is 12.4. The number of ether oxygens (including phenoxy) is 1. The van der Waals surface area contributed by atoms with Crippen molar-refractivity contribution in [3.05, 3.63) is 47.3 Å². The Kier molecular flexibility index (Phi) is 5.96. The number of rotatable bonds is 6. The van der Waals surface area contributed by atoms with Crippen molar-refractivity contribution in [3.8, 4) is 5.69 Å². The molecule has 1 aromatic carbocycles. The van der Waals surface area contributed by atoms with Crippen LogP contribution in [0.1, 0.15) is 42.0 Å². The molecule has 0 saturated heterocycles. The second kappa shape index (κ2) is 7.96. The lowest BCUT2D eigenvalue weighted by Crippen LogP contribution is -2.42. The number of carbonyl (C=O) groups is 2. The molecule has 0 aliphatic carbocycles. The summed E-state index contributed by atoms with van der Waals surface area (Å²) >= 11 is 0. The van der Waals surface area contributed by atoms with E-state index in [1.54, 1.807) is 12.1 Å². The van der Waals surface area contributed by atoms with Crippen LogP contribution in [0.15, 0.2) is 30.3 Å². The standard InChI is InChI=1S/C19H25N3O3/c1-12(2)10-17(19(24)25-5)20-18(23)15-6-8-16(9-7-15)22-14(4)11-13(3)21-22/h6-9,11-12,17H,10H2,1-5H3,(H,20,23). The van der Waals surface area contributed by atoms with Gasteiger partial charge in [-0.25, -0.2) is 9.48 Å². The van der Waals surface area contributed by atoms with E-state index >= 15 is 0 Å². The predicted molar refractivity (Wildman–Crippen MR) is 95.8 cm³/mol. The van der Waals surface area contributed by atoms with Crippen molar-refractivity contribution in [1.29, 1.82) is 0 Å². The average Bonchev–Trinajstić information content (AvgIpc) is 2.91. The average molecular weight is 343 g/mol. The lowest BCUT2D eigenvalue weighted by Gasteiger charge is -2.18. The summed E-state index contributed by atoms with van der Waals surface area (Å²) in [5.41, 5.74) is 3.34. The summed E-state index contributed by atoms with van der Waals surface area (Å²) in [5.74, 6) is -0.463. The Bertz CT molecular complexity index is 748. The van der Waals surface area contributed by atoms with Gasteiger partial charge in [0.2, 0.25) is 0 Å². The fourth-order valence-electron chi connectivity index (χ4n) is 2.71. The largest absolute Gasteiger partial charge is 0.467 e. The highest BCUT2D eigenvalue weighted by molar-refractivity contribution is 5.96. The number of amides is 1. The van der Waals surface area contributed by atoms with E-state index in [0.29, 0.717) is 12.0 Å². The molecule has 0 radical (unpaired) electrons. The quantitative estimate of drug-likeness (QED) is 0.819. The van der Waals surface area contributed by atoms with E-state index in [0.717, 1.165) is 17.1 Å². The van der Waals surface area contributed by atoms with Crippen LogP contribution in [0.5, 0.6) is 0 Å². The van der Waals surface area contributed by atoms with Crippen LogP contribution in [-0.4, -0.2) is 34.8 Å². The van der Waals surface area contributed by atoms with Gasteiger partial charge in [0.15, 0.2) is 0 Å². The molecule has 0 bridgehead atoms. The summed E-state index contributed by atoms with van der Waals surface area (Å²) in [7, 11) is 1.32. The van der Waals surface area contributed by atoms with Gasteiger partial charge >= 0.3 is 5.97 Å². The Morgan fingerprint density at radius 3 is 2.32 bits per heavy atom. The van der Waals surface area contributed by atoms with E-state index in [1.807, 2.05) is 50.6 Å². The van der Waals surface area contributed by atoms with Crippen LogP contribution >= 0.6 is 0 Å². The monoisotopic (exact) mass is 343 g/mol. The van der Waals surface area contributed by atoms with E-state index < -0.39 is 12.0 Å². The molecule has 0 saturated carbocycles. The zero-order valence-electron chi connectivity index (χ0n) is 15.4. The van der Waals surface area contributed by atoms with Crippen LogP contribution in [-0.2, 0) is 9.53 Å². The first-order valence-corrected chi connectivity index (χ1v) is 8.34. The third-order valence-electron chi connectivity index (χ3n) is 3.88. The summed E-state index contributed by atoms with van der Waals surface area (Å²) in [5, 5.41) is 7.18. The Morgan fingerprint density at radius 2 is 1.84 bits per heavy atom. The Morgan fingerprint density at radius 1 is 1.20 bits per heavy atom. The summed E-state index contributed by atoms with van der Waals surface area (Å²) in [6, 6.07) is 8.48. The number of esters is 1. The zero-order valence-corrected chi connectivity index (χ0v) is 15.4. The third kappa shape index (κ3) is 4.68. The van der Waals surface area contributed by atoms with Gasteiger partial charge in [-0.15, -0.1) is 0 Å². The Labute approximate surface area is 148 Å². The lowest BCUT2D eigenvalue weighted by atomic mass is 10.0. The molecule has 6 heteroatoms. The van der Waals surface area contributed by atoms with Gasteiger partial charge in [0.1, 0.15) is 6.04 Å². The highest BCUT2D eigenvalue weighted by Gasteiger charge is 2.23. The van der Waals surface area contributed by atoms with E-state index in [-0.39, 0.29) is 11.8 Å². The van der Waals surface area contributed by atoms with Gasteiger partial charge in [0.05, 0.1) is 18.5 Å². The second-order valence-corrected chi connectivity index (χ2v) is 6.56. The molecule has 0 aliphatic rings. The van der Waals surface area contributed by atoms with Crippen LogP contribution in [0.2, 0.25) is 0 Å². The molecule has 134 valence electrons. The van der Waals surface area contributed by atoms with E-state index in [2.05, 4.69) is 10.4 Å². The van der Waals surface area contributed by atoms with Gasteiger partial charge in [-0.2, -0.15) is 5.10 Å². The minimum absolute atomic E-state index is 0.262. The molecule has 6 nitrogen and oxygen atoms in total. The molecule has 1 unspecified atom stereocenters. The number of nitrogens with one attached hydrogen (secondary N) is 1. The molecule has 1 atom stereocenters. The van der Waals surface area contributed by atoms with Crippen molar-refractivity contribution in [1.82, 2.24) is 15.1 Å². The maximum atomic E-state index is 12.4. The fraction of sp³-hybridized carbons (Fsp3) is 0.421. The first-order valence-electron chi connectivity index (χ1n) is 8.34. The first kappa shape index (κ1) is 18.7. The van der Waals surface area contributed by atoms with Crippen molar-refractivity contribution >= 4 is 11.9 Å². The number of hydrogen-bond acceptors (Lipinski definition) is 4. The van der Waals surface area contributed by atoms with Crippen LogP contribution < -0.4 is 5.32 Å². The minimum atomic E-state index is -0.645. The van der Waals surface area contributed by atoms with E-state index in [1.165, 1.54) is 7.11 Å². The van der Waals surface area contributed by atoms with Gasteiger partial charge in [-0.05, 0) is 56.5 Å². The molecule has 0 fully saturated rings. The first-order chi connectivity index (χ1) is 11.8. The number of benzene rings is 1. The Hall–Kier alpha value is -2.63. The summed E-state index contributed by atoms with van der Waals surface area (Å²) in [4.78, 5) is 24.3. The van der Waals surface area contributed by atoms with Gasteiger partial charge in [0.25, 0.3) is 5.91 Å². The molecule has 2 aromatic rings. The second-order valence-electron chi connectivity index (χ2n) is 6.56. The molecule has 0 aliphatic heterocycles. The number of nitrogens with zero attached hydrogens (tertiary/aromatic N) is 2. The SMILES string of the molecule is COC(=O)C(CC(C)C)NC(=O)c1ccc(-n2nc(C)cc2C)cc1. The van der Waals surface area contributed by atoms with E-state index in [9.17, 15) is 9.59 Å². The lowest BCUT2D eigenvalue weighted by molar-refractivity contribution is -0.143. The van der Waals surface area contributed by atoms with Gasteiger partial charge < -0.3 is 10.1 Å². The van der Waals surface area contributed by atoms with Crippen LogP contribution in [0.4, 0.5) is 0 Å². The van der Waals surface area contributed by atoms with Gasteiger partial charge in [-0.1, -0.05) is 13.8 Å². The van der Waals surface area contributed by atoms with Crippen LogP contribution in [0, 0.1) is 19.8 Å². The van der Waals surface area contributed by atoms with Crippen molar-refractivity contribution in [2.45, 2.75) is 40.2 Å². The number of aryl methyl sites for hydroxylation is 2. The van der Waals surface area contributed by atoms with Crippen molar-refractivity contribution < 1.29 is 14.3 Å². The van der Waals surface area contributed by atoms with Crippen molar-refractivity contribution in [3.63, 3.8) is 0 Å². The molecule has 0 spiro atoms. The molecule has 1 heterocycles. The van der Waals surface area contributed by atoms with Crippen molar-refractivity contribution in [2.75, 3.05) is 7.11 Å². The molecule has 1 N–H and O–H groups in total. The molecule has 1 amide bonds. The van der Waals surface area contributed by atoms with Gasteiger partial charge in [-0.3, -0.25) is 4.79 Å². The van der Waals surface area contributed by atoms with Crippen molar-refractivity contribution in [2.24, 2.45) is 5.92 Å². The Balaban J connectivity index is 2.14. The molecule has 1 aromatic heterocycles. The molecule has 2 rings (SSSR count). The normalized spacial score (nSPS) is 12.1.